The average molecular weight is 251 g/mol. The third kappa shape index (κ3) is 5.37. The highest BCUT2D eigenvalue weighted by Crippen LogP contribution is 2.25. The molecule has 3 nitrogen and oxygen atoms in total. The maximum atomic E-state index is 9.30. The van der Waals surface area contributed by atoms with Crippen LogP contribution in [-0.2, 0) is 0 Å². The Morgan fingerprint density at radius 1 is 1.39 bits per heavy atom. The largest absolute Gasteiger partial charge is 0.306 e. The number of rotatable bonds is 7. The van der Waals surface area contributed by atoms with Crippen molar-refractivity contribution in [1.29, 1.82) is 5.26 Å². The van der Waals surface area contributed by atoms with Crippen molar-refractivity contribution in [2.75, 3.05) is 20.1 Å². The molecule has 0 aromatic rings. The molecule has 0 aromatic carbocycles. The van der Waals surface area contributed by atoms with Crippen molar-refractivity contribution < 1.29 is 0 Å². The zero-order valence-corrected chi connectivity index (χ0v) is 12.5. The molecule has 3 heteroatoms. The fraction of sp³-hybridized carbons (Fsp3) is 0.933. The Hall–Kier alpha value is -0.590. The van der Waals surface area contributed by atoms with E-state index in [9.17, 15) is 5.26 Å². The summed E-state index contributed by atoms with van der Waals surface area (Å²) in [5.41, 5.74) is -0.391. The zero-order chi connectivity index (χ0) is 13.6. The van der Waals surface area contributed by atoms with Gasteiger partial charge >= 0.3 is 0 Å². The minimum atomic E-state index is -0.391. The number of nitriles is 1. The van der Waals surface area contributed by atoms with E-state index in [0.717, 1.165) is 18.9 Å². The minimum Gasteiger partial charge on any atom is -0.306 e. The van der Waals surface area contributed by atoms with E-state index in [2.05, 4.69) is 37.2 Å². The maximum absolute atomic E-state index is 9.30. The molecule has 0 aliphatic heterocycles. The van der Waals surface area contributed by atoms with Crippen LogP contribution in [0.2, 0.25) is 0 Å². The second kappa shape index (κ2) is 7.11. The van der Waals surface area contributed by atoms with Crippen molar-refractivity contribution in [3.05, 3.63) is 0 Å². The van der Waals surface area contributed by atoms with Gasteiger partial charge in [-0.3, -0.25) is 5.32 Å². The summed E-state index contributed by atoms with van der Waals surface area (Å²) in [5, 5.41) is 12.7. The monoisotopic (exact) mass is 251 g/mol. The highest BCUT2D eigenvalue weighted by atomic mass is 15.1. The van der Waals surface area contributed by atoms with E-state index in [0.29, 0.717) is 6.04 Å². The summed E-state index contributed by atoms with van der Waals surface area (Å²) in [6.07, 6.45) is 6.49. The van der Waals surface area contributed by atoms with Gasteiger partial charge in [0.05, 0.1) is 6.07 Å². The summed E-state index contributed by atoms with van der Waals surface area (Å²) < 4.78 is 0. The molecular weight excluding hydrogens is 222 g/mol. The van der Waals surface area contributed by atoms with Crippen LogP contribution in [0, 0.1) is 17.2 Å². The fourth-order valence-corrected chi connectivity index (χ4v) is 2.94. The summed E-state index contributed by atoms with van der Waals surface area (Å²) in [5.74, 6) is 0.890. The Bertz CT molecular complexity index is 276. The molecule has 1 aliphatic carbocycles. The Labute approximate surface area is 113 Å². The van der Waals surface area contributed by atoms with Crippen LogP contribution < -0.4 is 5.32 Å². The minimum absolute atomic E-state index is 0.356. The van der Waals surface area contributed by atoms with Crippen molar-refractivity contribution in [1.82, 2.24) is 10.2 Å². The lowest BCUT2D eigenvalue weighted by Gasteiger charge is -2.29. The second-order valence-electron chi connectivity index (χ2n) is 6.41. The molecule has 0 radical (unpaired) electrons. The lowest BCUT2D eigenvalue weighted by Crippen LogP contribution is -2.47. The highest BCUT2D eigenvalue weighted by molar-refractivity contribution is 5.04. The van der Waals surface area contributed by atoms with Gasteiger partial charge < -0.3 is 4.90 Å². The predicted molar refractivity (Wildman–Crippen MR) is 76.4 cm³/mol. The van der Waals surface area contributed by atoms with Crippen LogP contribution in [0.5, 0.6) is 0 Å². The summed E-state index contributed by atoms with van der Waals surface area (Å²) in [7, 11) is 2.19. The number of nitrogens with one attached hydrogen (secondary N) is 1. The van der Waals surface area contributed by atoms with Crippen LogP contribution in [0.3, 0.4) is 0 Å². The molecule has 18 heavy (non-hydrogen) atoms. The van der Waals surface area contributed by atoms with Crippen LogP contribution in [0.15, 0.2) is 0 Å². The first-order valence-electron chi connectivity index (χ1n) is 7.32. The van der Waals surface area contributed by atoms with Gasteiger partial charge in [-0.2, -0.15) is 5.26 Å². The van der Waals surface area contributed by atoms with Gasteiger partial charge in [0.15, 0.2) is 0 Å². The van der Waals surface area contributed by atoms with Gasteiger partial charge in [0.2, 0.25) is 0 Å². The lowest BCUT2D eigenvalue weighted by molar-refractivity contribution is 0.246. The SMILES string of the molecule is CC(C)NC(C)(C#N)CCN(C)CC1CCCC1. The van der Waals surface area contributed by atoms with E-state index < -0.39 is 5.54 Å². The molecule has 1 fully saturated rings. The molecular formula is C15H29N3. The van der Waals surface area contributed by atoms with Crippen LogP contribution >= 0.6 is 0 Å². The second-order valence-corrected chi connectivity index (χ2v) is 6.41. The van der Waals surface area contributed by atoms with Gasteiger partial charge in [0.25, 0.3) is 0 Å². The van der Waals surface area contributed by atoms with Crippen LogP contribution in [0.1, 0.15) is 52.9 Å². The predicted octanol–water partition coefficient (Wildman–Crippen LogP) is 2.78. The van der Waals surface area contributed by atoms with Crippen LogP contribution in [-0.4, -0.2) is 36.6 Å². The summed E-state index contributed by atoms with van der Waals surface area (Å²) >= 11 is 0. The Morgan fingerprint density at radius 3 is 2.50 bits per heavy atom. The molecule has 1 N–H and O–H groups in total. The van der Waals surface area contributed by atoms with Crippen molar-refractivity contribution in [2.45, 2.75) is 64.5 Å². The van der Waals surface area contributed by atoms with Gasteiger partial charge in [0, 0.05) is 19.1 Å². The average Bonchev–Trinajstić information content (AvgIpc) is 2.78. The first kappa shape index (κ1) is 15.5. The highest BCUT2D eigenvalue weighted by Gasteiger charge is 2.25. The number of nitrogens with zero attached hydrogens (tertiary/aromatic N) is 2. The molecule has 0 heterocycles. The molecule has 0 spiro atoms. The summed E-state index contributed by atoms with van der Waals surface area (Å²) in [6, 6.07) is 2.78. The van der Waals surface area contributed by atoms with E-state index in [1.54, 1.807) is 0 Å². The molecule has 0 aromatic heterocycles. The van der Waals surface area contributed by atoms with E-state index in [1.165, 1.54) is 32.2 Å². The number of hydrogen-bond donors (Lipinski definition) is 1. The molecule has 104 valence electrons. The Morgan fingerprint density at radius 2 is 2.00 bits per heavy atom. The molecule has 1 unspecified atom stereocenters. The maximum Gasteiger partial charge on any atom is 0.105 e. The number of hydrogen-bond acceptors (Lipinski definition) is 3. The van der Waals surface area contributed by atoms with Gasteiger partial charge in [0.1, 0.15) is 5.54 Å². The quantitative estimate of drug-likeness (QED) is 0.756. The van der Waals surface area contributed by atoms with Gasteiger partial charge in [-0.05, 0) is 53.0 Å². The van der Waals surface area contributed by atoms with Crippen molar-refractivity contribution in [3.8, 4) is 6.07 Å². The Kier molecular flexibility index (Phi) is 6.11. The van der Waals surface area contributed by atoms with E-state index in [1.807, 2.05) is 6.92 Å². The molecule has 0 bridgehead atoms. The molecule has 1 aliphatic rings. The van der Waals surface area contributed by atoms with Crippen molar-refractivity contribution in [2.24, 2.45) is 5.92 Å². The van der Waals surface area contributed by atoms with Gasteiger partial charge in [-0.1, -0.05) is 12.8 Å². The molecule has 0 saturated heterocycles. The molecule has 1 atom stereocenters. The first-order valence-corrected chi connectivity index (χ1v) is 7.32. The fourth-order valence-electron chi connectivity index (χ4n) is 2.94. The summed E-state index contributed by atoms with van der Waals surface area (Å²) in [4.78, 5) is 2.40. The van der Waals surface area contributed by atoms with Crippen LogP contribution in [0.4, 0.5) is 0 Å². The van der Waals surface area contributed by atoms with Crippen molar-refractivity contribution >= 4 is 0 Å². The normalized spacial score (nSPS) is 20.3. The van der Waals surface area contributed by atoms with Gasteiger partial charge in [-0.15, -0.1) is 0 Å². The van der Waals surface area contributed by atoms with Crippen LogP contribution in [0.25, 0.3) is 0 Å². The van der Waals surface area contributed by atoms with Crippen molar-refractivity contribution in [3.63, 3.8) is 0 Å². The van der Waals surface area contributed by atoms with E-state index in [-0.39, 0.29) is 0 Å². The topological polar surface area (TPSA) is 39.1 Å². The first-order chi connectivity index (χ1) is 8.45. The molecule has 1 rings (SSSR count). The van der Waals surface area contributed by atoms with E-state index in [4.69, 9.17) is 0 Å². The van der Waals surface area contributed by atoms with Gasteiger partial charge in [-0.25, -0.2) is 0 Å². The zero-order valence-electron chi connectivity index (χ0n) is 12.5. The molecule has 0 amide bonds. The third-order valence-electron chi connectivity index (χ3n) is 3.89. The van der Waals surface area contributed by atoms with E-state index >= 15 is 0 Å². The lowest BCUT2D eigenvalue weighted by atomic mass is 9.98. The third-order valence-corrected chi connectivity index (χ3v) is 3.89. The Balaban J connectivity index is 2.30. The summed E-state index contributed by atoms with van der Waals surface area (Å²) in [6.45, 7) is 8.40. The standard InChI is InChI=1S/C15H29N3/c1-13(2)17-15(3,12-16)9-10-18(4)11-14-7-5-6-8-14/h13-14,17H,5-11H2,1-4H3. The molecule has 1 saturated carbocycles. The smallest absolute Gasteiger partial charge is 0.105 e.